The number of carbonyl (C=O) groups excluding carboxylic acids is 2. The van der Waals surface area contributed by atoms with Crippen LogP contribution in [0.2, 0.25) is 0 Å². The summed E-state index contributed by atoms with van der Waals surface area (Å²) in [6.45, 7) is 10.8. The van der Waals surface area contributed by atoms with E-state index in [1.54, 1.807) is 12.1 Å². The van der Waals surface area contributed by atoms with Crippen LogP contribution in [0.5, 0.6) is 0 Å². The number of nitrogens with zero attached hydrogens (tertiary/aromatic N) is 1. The second-order valence-electron chi connectivity index (χ2n) is 12.3. The predicted octanol–water partition coefficient (Wildman–Crippen LogP) is 9.85. The molecule has 5 aromatic rings. The third kappa shape index (κ3) is 4.19. The third-order valence-electron chi connectivity index (χ3n) is 9.09. The third-order valence-corrected chi connectivity index (χ3v) is 9.09. The Balaban J connectivity index is 1.41. The van der Waals surface area contributed by atoms with Gasteiger partial charge in [-0.3, -0.25) is 9.59 Å². The van der Waals surface area contributed by atoms with Gasteiger partial charge in [-0.25, -0.2) is 0 Å². The number of hydrogen-bond acceptors (Lipinski definition) is 3. The maximum Gasteiger partial charge on any atom is 0.197 e. The van der Waals surface area contributed by atoms with Gasteiger partial charge in [-0.05, 0) is 108 Å². The molecule has 0 atom stereocenters. The summed E-state index contributed by atoms with van der Waals surface area (Å²) in [6.07, 6.45) is 1.77. The SMILES string of the molecule is Cc1ccc2c(c1)C(=O)/C(=C\c1ccc3c(c1)C(C)(C)c1cc(-c4c(C)cccc4C)ccc1N3c1ccccc1)C2=O. The van der Waals surface area contributed by atoms with Gasteiger partial charge >= 0.3 is 0 Å². The van der Waals surface area contributed by atoms with Crippen molar-refractivity contribution in [2.24, 2.45) is 0 Å². The number of Topliss-reactive ketones (excluding diaryl/α,β-unsaturated/α-hetero) is 2. The van der Waals surface area contributed by atoms with Crippen molar-refractivity contribution < 1.29 is 9.59 Å². The Hall–Kier alpha value is -5.02. The summed E-state index contributed by atoms with van der Waals surface area (Å²) in [7, 11) is 0. The minimum absolute atomic E-state index is 0.199. The molecule has 2 aliphatic rings. The minimum Gasteiger partial charge on any atom is -0.310 e. The first kappa shape index (κ1) is 26.9. The summed E-state index contributed by atoms with van der Waals surface area (Å²) >= 11 is 0. The largest absolute Gasteiger partial charge is 0.310 e. The van der Waals surface area contributed by atoms with E-state index in [-0.39, 0.29) is 22.6 Å². The molecular formula is C40H33NO2. The van der Waals surface area contributed by atoms with E-state index >= 15 is 0 Å². The van der Waals surface area contributed by atoms with E-state index in [1.165, 1.54) is 27.8 Å². The lowest BCUT2D eigenvalue weighted by Crippen LogP contribution is -2.30. The standard InChI is InChI=1S/C40H33NO2/c1-24-14-17-30-31(20-24)39(43)32(38(30)42)21-27-15-18-35-33(22-27)40(4,5)34-23-28(37-25(2)10-9-11-26(37)3)16-19-36(34)41(35)29-12-7-6-8-13-29/h6-23H,1-5H3/b32-21-. The van der Waals surface area contributed by atoms with E-state index in [4.69, 9.17) is 0 Å². The molecule has 0 fully saturated rings. The lowest BCUT2D eigenvalue weighted by molar-refractivity contribution is 0.0990. The highest BCUT2D eigenvalue weighted by Gasteiger charge is 2.38. The molecule has 1 heterocycles. The van der Waals surface area contributed by atoms with Crippen LogP contribution in [0.4, 0.5) is 17.1 Å². The van der Waals surface area contributed by atoms with E-state index in [0.29, 0.717) is 11.1 Å². The van der Waals surface area contributed by atoms with E-state index in [1.807, 2.05) is 31.2 Å². The van der Waals surface area contributed by atoms with Crippen LogP contribution in [0.15, 0.2) is 109 Å². The summed E-state index contributed by atoms with van der Waals surface area (Å²) in [5.41, 5.74) is 13.4. The van der Waals surface area contributed by atoms with Gasteiger partial charge in [0.15, 0.2) is 11.6 Å². The summed E-state index contributed by atoms with van der Waals surface area (Å²) in [6, 6.07) is 35.5. The van der Waals surface area contributed by atoms with E-state index in [0.717, 1.165) is 33.8 Å². The van der Waals surface area contributed by atoms with E-state index in [2.05, 4.69) is 105 Å². The van der Waals surface area contributed by atoms with Crippen LogP contribution in [-0.2, 0) is 5.41 Å². The Morgan fingerprint density at radius 1 is 0.628 bits per heavy atom. The number of para-hydroxylation sites is 1. The number of allylic oxidation sites excluding steroid dienone is 1. The fraction of sp³-hybridized carbons (Fsp3) is 0.150. The molecule has 43 heavy (non-hydrogen) atoms. The van der Waals surface area contributed by atoms with Crippen LogP contribution in [0.3, 0.4) is 0 Å². The molecule has 7 rings (SSSR count). The highest BCUT2D eigenvalue weighted by Crippen LogP contribution is 2.53. The Kier molecular flexibility index (Phi) is 6.10. The predicted molar refractivity (Wildman–Crippen MR) is 176 cm³/mol. The summed E-state index contributed by atoms with van der Waals surface area (Å²) in [5, 5.41) is 0. The molecule has 0 bridgehead atoms. The fourth-order valence-corrected chi connectivity index (χ4v) is 6.86. The van der Waals surface area contributed by atoms with Crippen molar-refractivity contribution in [2.45, 2.75) is 40.0 Å². The topological polar surface area (TPSA) is 37.4 Å². The monoisotopic (exact) mass is 559 g/mol. The minimum atomic E-state index is -0.346. The number of aryl methyl sites for hydroxylation is 3. The lowest BCUT2D eigenvalue weighted by atomic mass is 9.72. The van der Waals surface area contributed by atoms with E-state index < -0.39 is 0 Å². The fourth-order valence-electron chi connectivity index (χ4n) is 6.86. The zero-order valence-electron chi connectivity index (χ0n) is 25.2. The molecule has 5 aromatic carbocycles. The molecule has 0 N–H and O–H groups in total. The molecule has 0 radical (unpaired) electrons. The van der Waals surface area contributed by atoms with Gasteiger partial charge in [0.05, 0.1) is 16.9 Å². The van der Waals surface area contributed by atoms with Crippen LogP contribution < -0.4 is 4.90 Å². The zero-order chi connectivity index (χ0) is 30.0. The summed E-state index contributed by atoms with van der Waals surface area (Å²) in [5.74, 6) is -0.401. The number of hydrogen-bond donors (Lipinski definition) is 0. The molecule has 0 amide bonds. The second kappa shape index (κ2) is 9.78. The highest BCUT2D eigenvalue weighted by molar-refractivity contribution is 6.41. The average Bonchev–Trinajstić information content (AvgIpc) is 3.22. The van der Waals surface area contributed by atoms with Crippen LogP contribution >= 0.6 is 0 Å². The Morgan fingerprint density at radius 2 is 1.28 bits per heavy atom. The number of carbonyl (C=O) groups is 2. The van der Waals surface area contributed by atoms with Crippen molar-refractivity contribution in [3.05, 3.63) is 153 Å². The zero-order valence-corrected chi connectivity index (χ0v) is 25.2. The molecule has 1 aliphatic heterocycles. The van der Waals surface area contributed by atoms with Gasteiger partial charge in [-0.15, -0.1) is 0 Å². The number of ketones is 2. The van der Waals surface area contributed by atoms with Gasteiger partial charge in [0.25, 0.3) is 0 Å². The average molecular weight is 560 g/mol. The van der Waals surface area contributed by atoms with Crippen LogP contribution in [0.25, 0.3) is 17.2 Å². The Bertz CT molecular complexity index is 1990. The first-order valence-electron chi connectivity index (χ1n) is 14.8. The van der Waals surface area contributed by atoms with Gasteiger partial charge in [0, 0.05) is 22.2 Å². The number of rotatable bonds is 3. The normalized spacial score (nSPS) is 15.8. The molecule has 0 saturated heterocycles. The smallest absolute Gasteiger partial charge is 0.197 e. The van der Waals surface area contributed by atoms with Gasteiger partial charge < -0.3 is 4.90 Å². The summed E-state index contributed by atoms with van der Waals surface area (Å²) in [4.78, 5) is 28.9. The van der Waals surface area contributed by atoms with Crippen molar-refractivity contribution >= 4 is 34.7 Å². The molecule has 1 aliphatic carbocycles. The first-order chi connectivity index (χ1) is 20.6. The van der Waals surface area contributed by atoms with Gasteiger partial charge in [-0.1, -0.05) is 80.1 Å². The molecule has 0 spiro atoms. The first-order valence-corrected chi connectivity index (χ1v) is 14.8. The Labute approximate surface area is 253 Å². The van der Waals surface area contributed by atoms with Crippen molar-refractivity contribution in [3.63, 3.8) is 0 Å². The lowest BCUT2D eigenvalue weighted by Gasteiger charge is -2.42. The van der Waals surface area contributed by atoms with Crippen LogP contribution in [0.1, 0.15) is 67.9 Å². The van der Waals surface area contributed by atoms with Gasteiger partial charge in [-0.2, -0.15) is 0 Å². The van der Waals surface area contributed by atoms with Crippen molar-refractivity contribution in [1.29, 1.82) is 0 Å². The number of fused-ring (bicyclic) bond motifs is 3. The molecule has 0 saturated carbocycles. The van der Waals surface area contributed by atoms with Gasteiger partial charge in [0.1, 0.15) is 0 Å². The van der Waals surface area contributed by atoms with Crippen molar-refractivity contribution in [1.82, 2.24) is 0 Å². The Morgan fingerprint density at radius 3 is 2.00 bits per heavy atom. The van der Waals surface area contributed by atoms with Crippen molar-refractivity contribution in [3.8, 4) is 11.1 Å². The van der Waals surface area contributed by atoms with Crippen LogP contribution in [-0.4, -0.2) is 11.6 Å². The maximum absolute atomic E-state index is 13.3. The molecule has 210 valence electrons. The van der Waals surface area contributed by atoms with E-state index in [9.17, 15) is 9.59 Å². The summed E-state index contributed by atoms with van der Waals surface area (Å²) < 4.78 is 0. The molecule has 3 nitrogen and oxygen atoms in total. The van der Waals surface area contributed by atoms with Crippen LogP contribution in [0, 0.1) is 20.8 Å². The highest BCUT2D eigenvalue weighted by atomic mass is 16.2. The number of anilines is 3. The quantitative estimate of drug-likeness (QED) is 0.163. The van der Waals surface area contributed by atoms with Gasteiger partial charge in [0.2, 0.25) is 0 Å². The molecule has 0 unspecified atom stereocenters. The molecule has 0 aromatic heterocycles. The molecule has 3 heteroatoms. The van der Waals surface area contributed by atoms with Crippen molar-refractivity contribution in [2.75, 3.05) is 4.90 Å². The molecular weight excluding hydrogens is 526 g/mol. The maximum atomic E-state index is 13.3. The second-order valence-corrected chi connectivity index (χ2v) is 12.3. The number of benzene rings is 5.